The second-order valence-corrected chi connectivity index (χ2v) is 5.70. The first-order valence-corrected chi connectivity index (χ1v) is 7.46. The molecule has 2 aliphatic rings. The van der Waals surface area contributed by atoms with Gasteiger partial charge in [-0.3, -0.25) is 4.79 Å². The fourth-order valence-electron chi connectivity index (χ4n) is 3.15. The van der Waals surface area contributed by atoms with Crippen LogP contribution in [0.2, 0.25) is 0 Å². The summed E-state index contributed by atoms with van der Waals surface area (Å²) in [5, 5.41) is 15.8. The van der Waals surface area contributed by atoms with Crippen LogP contribution in [0.3, 0.4) is 0 Å². The molecule has 0 radical (unpaired) electrons. The first-order chi connectivity index (χ1) is 8.81. The summed E-state index contributed by atoms with van der Waals surface area (Å²) >= 11 is 0. The number of hydrogen-bond donors (Lipinski definition) is 3. The van der Waals surface area contributed by atoms with Crippen molar-refractivity contribution in [2.75, 3.05) is 13.2 Å². The van der Waals surface area contributed by atoms with Gasteiger partial charge in [0.15, 0.2) is 0 Å². The molecule has 1 amide bonds. The Balaban J connectivity index is 1.84. The topological polar surface area (TPSA) is 61.4 Å². The summed E-state index contributed by atoms with van der Waals surface area (Å²) in [4.78, 5) is 12.2. The molecule has 0 aromatic heterocycles. The van der Waals surface area contributed by atoms with Gasteiger partial charge in [0, 0.05) is 18.6 Å². The van der Waals surface area contributed by atoms with E-state index in [0.717, 1.165) is 32.2 Å². The monoisotopic (exact) mass is 254 g/mol. The number of rotatable bonds is 3. The predicted molar refractivity (Wildman–Crippen MR) is 71.2 cm³/mol. The molecule has 3 N–H and O–H groups in total. The number of hydrogen-bond acceptors (Lipinski definition) is 3. The Morgan fingerprint density at radius 2 is 1.89 bits per heavy atom. The highest BCUT2D eigenvalue weighted by molar-refractivity contribution is 5.82. The summed E-state index contributed by atoms with van der Waals surface area (Å²) in [5.74, 6) is 0.399. The third-order valence-electron chi connectivity index (χ3n) is 4.35. The maximum absolute atomic E-state index is 12.2. The van der Waals surface area contributed by atoms with E-state index in [2.05, 4.69) is 10.6 Å². The van der Waals surface area contributed by atoms with Crippen LogP contribution in [0.15, 0.2) is 0 Å². The lowest BCUT2D eigenvalue weighted by atomic mass is 9.85. The van der Waals surface area contributed by atoms with Gasteiger partial charge in [-0.1, -0.05) is 25.7 Å². The van der Waals surface area contributed by atoms with Gasteiger partial charge < -0.3 is 15.7 Å². The average Bonchev–Trinajstić information content (AvgIpc) is 2.68. The zero-order valence-electron chi connectivity index (χ0n) is 11.2. The fourth-order valence-corrected chi connectivity index (χ4v) is 3.15. The molecule has 1 saturated heterocycles. The van der Waals surface area contributed by atoms with E-state index in [0.29, 0.717) is 0 Å². The largest absolute Gasteiger partial charge is 0.396 e. The molecule has 1 aliphatic carbocycles. The Labute approximate surface area is 110 Å². The van der Waals surface area contributed by atoms with E-state index in [1.807, 2.05) is 0 Å². The fraction of sp³-hybridized carbons (Fsp3) is 0.929. The van der Waals surface area contributed by atoms with Crippen LogP contribution in [0.1, 0.15) is 51.4 Å². The molecule has 0 aromatic carbocycles. The summed E-state index contributed by atoms with van der Waals surface area (Å²) in [6, 6.07) is 0.162. The summed E-state index contributed by atoms with van der Waals surface area (Å²) in [5.41, 5.74) is 0. The molecular formula is C14H26N2O2. The minimum absolute atomic E-state index is 0.0197. The first kappa shape index (κ1) is 13.8. The Morgan fingerprint density at radius 1 is 1.11 bits per heavy atom. The number of aliphatic hydroxyl groups is 1. The van der Waals surface area contributed by atoms with E-state index in [1.54, 1.807) is 0 Å². The smallest absolute Gasteiger partial charge is 0.237 e. The predicted octanol–water partition coefficient (Wildman–Crippen LogP) is 1.19. The molecule has 0 bridgehead atoms. The van der Waals surface area contributed by atoms with Gasteiger partial charge >= 0.3 is 0 Å². The maximum atomic E-state index is 12.2. The van der Waals surface area contributed by atoms with E-state index < -0.39 is 0 Å². The van der Waals surface area contributed by atoms with Crippen LogP contribution in [-0.4, -0.2) is 36.2 Å². The molecule has 4 heteroatoms. The van der Waals surface area contributed by atoms with E-state index in [4.69, 9.17) is 0 Å². The van der Waals surface area contributed by atoms with Crippen molar-refractivity contribution in [1.29, 1.82) is 0 Å². The van der Waals surface area contributed by atoms with Crippen LogP contribution in [0.25, 0.3) is 0 Å². The molecule has 104 valence electrons. The van der Waals surface area contributed by atoms with E-state index in [9.17, 15) is 9.90 Å². The molecule has 2 fully saturated rings. The van der Waals surface area contributed by atoms with Gasteiger partial charge in [0.25, 0.3) is 0 Å². The highest BCUT2D eigenvalue weighted by atomic mass is 16.3. The average molecular weight is 254 g/mol. The molecule has 2 rings (SSSR count). The van der Waals surface area contributed by atoms with Crippen molar-refractivity contribution in [3.63, 3.8) is 0 Å². The lowest BCUT2D eigenvalue weighted by Crippen LogP contribution is -2.51. The number of aliphatic hydroxyl groups excluding tert-OH is 1. The third-order valence-corrected chi connectivity index (χ3v) is 4.35. The molecule has 1 saturated carbocycles. The van der Waals surface area contributed by atoms with Gasteiger partial charge in [-0.05, 0) is 32.2 Å². The van der Waals surface area contributed by atoms with Gasteiger partial charge in [-0.25, -0.2) is 0 Å². The van der Waals surface area contributed by atoms with Crippen LogP contribution >= 0.6 is 0 Å². The van der Waals surface area contributed by atoms with Gasteiger partial charge in [0.05, 0.1) is 6.04 Å². The van der Waals surface area contributed by atoms with Crippen LogP contribution in [0.4, 0.5) is 0 Å². The van der Waals surface area contributed by atoms with Crippen molar-refractivity contribution in [1.82, 2.24) is 10.6 Å². The molecule has 1 aliphatic heterocycles. The Bertz CT molecular complexity index is 263. The molecule has 3 atom stereocenters. The van der Waals surface area contributed by atoms with Gasteiger partial charge in [0.2, 0.25) is 5.91 Å². The van der Waals surface area contributed by atoms with Crippen molar-refractivity contribution in [2.24, 2.45) is 5.92 Å². The van der Waals surface area contributed by atoms with Crippen molar-refractivity contribution in [3.05, 3.63) is 0 Å². The van der Waals surface area contributed by atoms with Crippen LogP contribution in [-0.2, 0) is 4.79 Å². The zero-order chi connectivity index (χ0) is 12.8. The molecule has 4 nitrogen and oxygen atoms in total. The third kappa shape index (κ3) is 3.69. The van der Waals surface area contributed by atoms with Crippen LogP contribution in [0.5, 0.6) is 0 Å². The Hall–Kier alpha value is -0.610. The highest BCUT2D eigenvalue weighted by Crippen LogP contribution is 2.24. The summed E-state index contributed by atoms with van der Waals surface area (Å²) in [6.07, 6.45) is 8.88. The molecule has 0 aromatic rings. The van der Waals surface area contributed by atoms with Gasteiger partial charge in [-0.2, -0.15) is 0 Å². The normalized spacial score (nSPS) is 33.7. The maximum Gasteiger partial charge on any atom is 0.237 e. The molecule has 3 unspecified atom stereocenters. The van der Waals surface area contributed by atoms with Crippen molar-refractivity contribution in [2.45, 2.75) is 63.5 Å². The quantitative estimate of drug-likeness (QED) is 0.709. The lowest BCUT2D eigenvalue weighted by Gasteiger charge is -2.32. The number of amides is 1. The van der Waals surface area contributed by atoms with E-state index >= 15 is 0 Å². The minimum Gasteiger partial charge on any atom is -0.396 e. The summed E-state index contributed by atoms with van der Waals surface area (Å²) in [7, 11) is 0. The Morgan fingerprint density at radius 3 is 2.72 bits per heavy atom. The van der Waals surface area contributed by atoms with Gasteiger partial charge in [0.1, 0.15) is 0 Å². The lowest BCUT2D eigenvalue weighted by molar-refractivity contribution is -0.124. The number of nitrogens with one attached hydrogen (secondary N) is 2. The van der Waals surface area contributed by atoms with E-state index in [-0.39, 0.29) is 30.5 Å². The Kier molecular flexibility index (Phi) is 5.45. The zero-order valence-corrected chi connectivity index (χ0v) is 11.2. The van der Waals surface area contributed by atoms with E-state index in [1.165, 1.54) is 25.7 Å². The SMILES string of the molecule is O=C(NC1CCCCC1CO)C1CCCCCN1. The number of carbonyl (C=O) groups excluding carboxylic acids is 1. The minimum atomic E-state index is -0.0197. The van der Waals surface area contributed by atoms with Crippen LogP contribution in [0, 0.1) is 5.92 Å². The molecule has 1 heterocycles. The summed E-state index contributed by atoms with van der Waals surface area (Å²) in [6.45, 7) is 1.15. The van der Waals surface area contributed by atoms with Crippen LogP contribution < -0.4 is 10.6 Å². The number of carbonyl (C=O) groups is 1. The molecule has 18 heavy (non-hydrogen) atoms. The second-order valence-electron chi connectivity index (χ2n) is 5.70. The first-order valence-electron chi connectivity index (χ1n) is 7.46. The summed E-state index contributed by atoms with van der Waals surface area (Å²) < 4.78 is 0. The standard InChI is InChI=1S/C14H26N2O2/c17-10-11-6-3-4-7-12(11)16-14(18)13-8-2-1-5-9-15-13/h11-13,15,17H,1-10H2,(H,16,18). The molecule has 0 spiro atoms. The molecular weight excluding hydrogens is 228 g/mol. The second kappa shape index (κ2) is 7.10. The van der Waals surface area contributed by atoms with Gasteiger partial charge in [-0.15, -0.1) is 0 Å². The van der Waals surface area contributed by atoms with Crippen molar-refractivity contribution >= 4 is 5.91 Å². The van der Waals surface area contributed by atoms with Crippen molar-refractivity contribution in [3.8, 4) is 0 Å². The highest BCUT2D eigenvalue weighted by Gasteiger charge is 2.28. The van der Waals surface area contributed by atoms with Crippen molar-refractivity contribution < 1.29 is 9.90 Å².